The average Bonchev–Trinajstić information content (AvgIpc) is 2.87. The second kappa shape index (κ2) is 7.67. The molecule has 2 amide bonds. The molecule has 1 aliphatic rings. The molecule has 136 valence electrons. The number of anilines is 1. The van der Waals surface area contributed by atoms with E-state index < -0.39 is 16.1 Å². The van der Waals surface area contributed by atoms with Gasteiger partial charge in [0, 0.05) is 18.7 Å². The Kier molecular flexibility index (Phi) is 5.34. The van der Waals surface area contributed by atoms with Crippen molar-refractivity contribution in [2.24, 2.45) is 0 Å². The first-order valence-electron chi connectivity index (χ1n) is 8.16. The van der Waals surface area contributed by atoms with Crippen molar-refractivity contribution in [3.05, 3.63) is 65.7 Å². The van der Waals surface area contributed by atoms with E-state index in [9.17, 15) is 18.0 Å². The number of nitrogens with zero attached hydrogens (tertiary/aromatic N) is 1. The Labute approximate surface area is 152 Å². The molecule has 1 saturated heterocycles. The second-order valence-corrected chi connectivity index (χ2v) is 7.70. The summed E-state index contributed by atoms with van der Waals surface area (Å²) < 4.78 is 26.4. The number of aryl methyl sites for hydroxylation is 1. The fourth-order valence-electron chi connectivity index (χ4n) is 2.65. The van der Waals surface area contributed by atoms with E-state index in [1.165, 1.54) is 0 Å². The third-order valence-corrected chi connectivity index (χ3v) is 5.41. The van der Waals surface area contributed by atoms with Gasteiger partial charge in [-0.25, -0.2) is 4.72 Å². The monoisotopic (exact) mass is 373 g/mol. The Bertz CT molecular complexity index is 896. The van der Waals surface area contributed by atoms with Crippen LogP contribution in [0.1, 0.15) is 17.5 Å². The molecule has 2 aromatic rings. The molecule has 8 heteroatoms. The maximum Gasteiger partial charge on any atom is 0.304 e. The van der Waals surface area contributed by atoms with Gasteiger partial charge in [-0.2, -0.15) is 12.7 Å². The summed E-state index contributed by atoms with van der Waals surface area (Å²) in [4.78, 5) is 23.2. The highest BCUT2D eigenvalue weighted by Gasteiger charge is 2.33. The first kappa shape index (κ1) is 18.1. The smallest absolute Gasteiger partial charge is 0.304 e. The molecular formula is C18H19N3O4S. The Morgan fingerprint density at radius 1 is 1.04 bits per heavy atom. The van der Waals surface area contributed by atoms with Gasteiger partial charge in [-0.15, -0.1) is 0 Å². The number of hydrogen-bond acceptors (Lipinski definition) is 4. The van der Waals surface area contributed by atoms with Gasteiger partial charge in [-0.1, -0.05) is 42.5 Å². The van der Waals surface area contributed by atoms with Gasteiger partial charge in [0.2, 0.25) is 11.8 Å². The van der Waals surface area contributed by atoms with Crippen molar-refractivity contribution in [1.29, 1.82) is 0 Å². The Morgan fingerprint density at radius 2 is 1.73 bits per heavy atom. The van der Waals surface area contributed by atoms with Gasteiger partial charge >= 0.3 is 10.2 Å². The molecule has 0 bridgehead atoms. The molecule has 0 aliphatic carbocycles. The molecule has 0 aromatic heterocycles. The van der Waals surface area contributed by atoms with Gasteiger partial charge in [0.1, 0.15) is 0 Å². The molecule has 1 fully saturated rings. The second-order valence-electron chi connectivity index (χ2n) is 6.03. The van der Waals surface area contributed by atoms with Crippen molar-refractivity contribution in [2.75, 3.05) is 11.9 Å². The fraction of sp³-hybridized carbons (Fsp3) is 0.222. The lowest BCUT2D eigenvalue weighted by molar-refractivity contribution is -0.118. The highest BCUT2D eigenvalue weighted by molar-refractivity contribution is 7.88. The van der Waals surface area contributed by atoms with Gasteiger partial charge in [0.15, 0.2) is 0 Å². The maximum absolute atomic E-state index is 12.0. The summed E-state index contributed by atoms with van der Waals surface area (Å²) in [7, 11) is -3.73. The molecule has 2 N–H and O–H groups in total. The van der Waals surface area contributed by atoms with Crippen LogP contribution in [0, 0.1) is 0 Å². The number of carbonyl (C=O) groups excluding carboxylic acids is 2. The highest BCUT2D eigenvalue weighted by atomic mass is 32.2. The van der Waals surface area contributed by atoms with Crippen LogP contribution in [0.25, 0.3) is 0 Å². The Morgan fingerprint density at radius 3 is 2.35 bits per heavy atom. The number of carbonyl (C=O) groups is 2. The zero-order valence-corrected chi connectivity index (χ0v) is 14.8. The summed E-state index contributed by atoms with van der Waals surface area (Å²) in [5.74, 6) is -0.620. The first-order chi connectivity index (χ1) is 12.4. The summed E-state index contributed by atoms with van der Waals surface area (Å²) in [6.45, 7) is -0.0797. The van der Waals surface area contributed by atoms with Crippen molar-refractivity contribution in [3.63, 3.8) is 0 Å². The van der Waals surface area contributed by atoms with Crippen LogP contribution in [0.5, 0.6) is 0 Å². The minimum absolute atomic E-state index is 0.0847. The summed E-state index contributed by atoms with van der Waals surface area (Å²) in [5.41, 5.74) is 2.48. The van der Waals surface area contributed by atoms with Gasteiger partial charge in [0.05, 0.1) is 6.54 Å². The third-order valence-electron chi connectivity index (χ3n) is 3.98. The predicted octanol–water partition coefficient (Wildman–Crippen LogP) is 1.43. The summed E-state index contributed by atoms with van der Waals surface area (Å²) in [6.07, 6.45) is 1.05. The van der Waals surface area contributed by atoms with E-state index in [1.54, 1.807) is 24.3 Å². The van der Waals surface area contributed by atoms with E-state index >= 15 is 0 Å². The summed E-state index contributed by atoms with van der Waals surface area (Å²) in [6, 6.07) is 16.7. The number of amides is 2. The lowest BCUT2D eigenvalue weighted by Gasteiger charge is -2.12. The topological polar surface area (TPSA) is 95.6 Å². The predicted molar refractivity (Wildman–Crippen MR) is 97.3 cm³/mol. The van der Waals surface area contributed by atoms with E-state index in [2.05, 4.69) is 5.32 Å². The van der Waals surface area contributed by atoms with Crippen LogP contribution in [0.4, 0.5) is 5.69 Å². The Balaban J connectivity index is 1.53. The van der Waals surface area contributed by atoms with Crippen LogP contribution < -0.4 is 10.0 Å². The third kappa shape index (κ3) is 4.68. The van der Waals surface area contributed by atoms with Crippen molar-refractivity contribution in [1.82, 2.24) is 9.03 Å². The number of nitrogens with one attached hydrogen (secondary N) is 2. The number of benzene rings is 2. The summed E-state index contributed by atoms with van der Waals surface area (Å²) >= 11 is 0. The van der Waals surface area contributed by atoms with Gasteiger partial charge in [0.25, 0.3) is 0 Å². The van der Waals surface area contributed by atoms with E-state index in [1.807, 2.05) is 35.1 Å². The molecule has 0 atom stereocenters. The highest BCUT2D eigenvalue weighted by Crippen LogP contribution is 2.15. The molecule has 1 heterocycles. The number of hydrogen-bond donors (Lipinski definition) is 2. The van der Waals surface area contributed by atoms with Crippen molar-refractivity contribution < 1.29 is 18.0 Å². The molecule has 7 nitrogen and oxygen atoms in total. The lowest BCUT2D eigenvalue weighted by Crippen LogP contribution is -2.29. The van der Waals surface area contributed by atoms with Crippen molar-refractivity contribution in [3.8, 4) is 0 Å². The molecule has 2 aromatic carbocycles. The molecule has 0 saturated carbocycles. The van der Waals surface area contributed by atoms with E-state index in [4.69, 9.17) is 0 Å². The van der Waals surface area contributed by atoms with Crippen LogP contribution in [0.3, 0.4) is 0 Å². The molecule has 0 spiro atoms. The quantitative estimate of drug-likeness (QED) is 0.801. The van der Waals surface area contributed by atoms with Crippen LogP contribution in [-0.2, 0) is 32.8 Å². The fourth-order valence-corrected chi connectivity index (χ4v) is 3.74. The minimum Gasteiger partial charge on any atom is -0.326 e. The SMILES string of the molecule is O=C(CCc1ccccc1)Nc1ccc(CN2CC(=O)NS2(=O)=O)cc1. The van der Waals surface area contributed by atoms with Gasteiger partial charge < -0.3 is 5.32 Å². The molecular weight excluding hydrogens is 354 g/mol. The van der Waals surface area contributed by atoms with Crippen molar-refractivity contribution >= 4 is 27.7 Å². The molecule has 26 heavy (non-hydrogen) atoms. The molecule has 3 rings (SSSR count). The van der Waals surface area contributed by atoms with Gasteiger partial charge in [-0.3, -0.25) is 9.59 Å². The average molecular weight is 373 g/mol. The van der Waals surface area contributed by atoms with Crippen LogP contribution >= 0.6 is 0 Å². The standard InChI is InChI=1S/C18H19N3O4S/c22-17(11-8-14-4-2-1-3-5-14)19-16-9-6-15(7-10-16)12-21-13-18(23)20-26(21,24)25/h1-7,9-10H,8,11-13H2,(H,19,22)(H,20,23). The van der Waals surface area contributed by atoms with E-state index in [0.29, 0.717) is 18.5 Å². The lowest BCUT2D eigenvalue weighted by atomic mass is 10.1. The van der Waals surface area contributed by atoms with Crippen LogP contribution in [-0.4, -0.2) is 31.1 Å². The number of rotatable bonds is 6. The van der Waals surface area contributed by atoms with Crippen LogP contribution in [0.2, 0.25) is 0 Å². The van der Waals surface area contributed by atoms with Crippen LogP contribution in [0.15, 0.2) is 54.6 Å². The molecule has 0 unspecified atom stereocenters. The zero-order valence-electron chi connectivity index (χ0n) is 14.0. The van der Waals surface area contributed by atoms with E-state index in [-0.39, 0.29) is 19.0 Å². The normalized spacial score (nSPS) is 16.2. The Hall–Kier alpha value is -2.71. The minimum atomic E-state index is -3.73. The maximum atomic E-state index is 12.0. The van der Waals surface area contributed by atoms with Crippen molar-refractivity contribution in [2.45, 2.75) is 19.4 Å². The first-order valence-corrected chi connectivity index (χ1v) is 9.60. The van der Waals surface area contributed by atoms with E-state index in [0.717, 1.165) is 15.4 Å². The molecule has 0 radical (unpaired) electrons. The summed E-state index contributed by atoms with van der Waals surface area (Å²) in [5, 5.41) is 2.82. The largest absolute Gasteiger partial charge is 0.326 e. The van der Waals surface area contributed by atoms with Gasteiger partial charge in [-0.05, 0) is 29.7 Å². The zero-order chi connectivity index (χ0) is 18.6. The molecule has 1 aliphatic heterocycles.